The predicted octanol–water partition coefficient (Wildman–Crippen LogP) is 3.17. The summed E-state index contributed by atoms with van der Waals surface area (Å²) in [6, 6.07) is 12.2. The summed E-state index contributed by atoms with van der Waals surface area (Å²) in [5.41, 5.74) is 2.35. The molecular formula is C20H28IN5O. The number of halogens is 1. The van der Waals surface area contributed by atoms with Gasteiger partial charge in [-0.2, -0.15) is 0 Å². The highest BCUT2D eigenvalue weighted by Crippen LogP contribution is 2.18. The standard InChI is InChI=1S/C20H27N5O.HI/c1-21-20(23-14-16-6-5-7-18(12-16)26-2)24-15-17-8-9-22-19(13-17)25-10-3-4-11-25;/h5-9,12-13H,3-4,10-11,14-15H2,1-2H3,(H2,21,23,24);1H. The maximum absolute atomic E-state index is 5.26. The fourth-order valence-electron chi connectivity index (χ4n) is 3.06. The Morgan fingerprint density at radius 2 is 1.81 bits per heavy atom. The number of rotatable bonds is 6. The average Bonchev–Trinajstić information content (AvgIpc) is 3.23. The summed E-state index contributed by atoms with van der Waals surface area (Å²) in [4.78, 5) is 11.1. The van der Waals surface area contributed by atoms with Crippen molar-refractivity contribution >= 4 is 35.8 Å². The molecule has 0 radical (unpaired) electrons. The van der Waals surface area contributed by atoms with Crippen molar-refractivity contribution < 1.29 is 4.74 Å². The SMILES string of the molecule is CN=C(NCc1cccc(OC)c1)NCc1ccnc(N2CCCC2)c1.I. The van der Waals surface area contributed by atoms with E-state index >= 15 is 0 Å². The van der Waals surface area contributed by atoms with Gasteiger partial charge in [0.2, 0.25) is 0 Å². The van der Waals surface area contributed by atoms with Gasteiger partial charge in [0, 0.05) is 39.4 Å². The second kappa shape index (κ2) is 11.0. The summed E-state index contributed by atoms with van der Waals surface area (Å²) in [5.74, 6) is 2.70. The molecule has 0 aliphatic carbocycles. The molecule has 0 amide bonds. The van der Waals surface area contributed by atoms with Gasteiger partial charge in [0.15, 0.2) is 5.96 Å². The highest BCUT2D eigenvalue weighted by molar-refractivity contribution is 14.0. The van der Waals surface area contributed by atoms with Crippen LogP contribution >= 0.6 is 24.0 Å². The van der Waals surface area contributed by atoms with E-state index in [1.807, 2.05) is 30.5 Å². The van der Waals surface area contributed by atoms with E-state index in [1.165, 1.54) is 18.4 Å². The Bertz CT molecular complexity index is 747. The Kier molecular flexibility index (Phi) is 8.63. The monoisotopic (exact) mass is 481 g/mol. The van der Waals surface area contributed by atoms with Gasteiger partial charge in [-0.15, -0.1) is 24.0 Å². The van der Waals surface area contributed by atoms with Crippen LogP contribution < -0.4 is 20.3 Å². The average molecular weight is 481 g/mol. The molecule has 2 aromatic rings. The van der Waals surface area contributed by atoms with E-state index in [4.69, 9.17) is 4.74 Å². The number of pyridine rings is 1. The first-order valence-corrected chi connectivity index (χ1v) is 9.06. The summed E-state index contributed by atoms with van der Waals surface area (Å²) < 4.78 is 5.26. The summed E-state index contributed by atoms with van der Waals surface area (Å²) in [5, 5.41) is 6.70. The lowest BCUT2D eigenvalue weighted by Gasteiger charge is -2.17. The summed E-state index contributed by atoms with van der Waals surface area (Å²) in [7, 11) is 3.46. The van der Waals surface area contributed by atoms with E-state index in [2.05, 4.69) is 37.6 Å². The number of ether oxygens (including phenoxy) is 1. The lowest BCUT2D eigenvalue weighted by Crippen LogP contribution is -2.36. The smallest absolute Gasteiger partial charge is 0.191 e. The number of methoxy groups -OCH3 is 1. The van der Waals surface area contributed by atoms with Crippen molar-refractivity contribution in [2.45, 2.75) is 25.9 Å². The molecule has 1 aromatic heterocycles. The van der Waals surface area contributed by atoms with Crippen LogP contribution in [-0.4, -0.2) is 38.2 Å². The molecule has 1 fully saturated rings. The molecule has 3 rings (SSSR count). The molecule has 6 nitrogen and oxygen atoms in total. The molecule has 0 spiro atoms. The molecule has 0 saturated carbocycles. The zero-order valence-electron chi connectivity index (χ0n) is 15.9. The van der Waals surface area contributed by atoms with Crippen molar-refractivity contribution in [3.05, 3.63) is 53.7 Å². The molecule has 1 saturated heterocycles. The van der Waals surface area contributed by atoms with Crippen LogP contribution in [0.1, 0.15) is 24.0 Å². The van der Waals surface area contributed by atoms with Crippen molar-refractivity contribution in [3.63, 3.8) is 0 Å². The molecule has 7 heteroatoms. The highest BCUT2D eigenvalue weighted by atomic mass is 127. The van der Waals surface area contributed by atoms with Crippen molar-refractivity contribution in [1.82, 2.24) is 15.6 Å². The Labute approximate surface area is 178 Å². The molecule has 0 unspecified atom stereocenters. The molecule has 1 aliphatic rings. The molecule has 2 heterocycles. The Morgan fingerprint density at radius 3 is 2.48 bits per heavy atom. The van der Waals surface area contributed by atoms with Crippen LogP contribution in [0, 0.1) is 0 Å². The van der Waals surface area contributed by atoms with Crippen molar-refractivity contribution in [2.75, 3.05) is 32.1 Å². The van der Waals surface area contributed by atoms with Crippen molar-refractivity contribution in [1.29, 1.82) is 0 Å². The van der Waals surface area contributed by atoms with Crippen LogP contribution in [0.4, 0.5) is 5.82 Å². The number of aliphatic imine (C=N–C) groups is 1. The first-order chi connectivity index (χ1) is 12.8. The van der Waals surface area contributed by atoms with E-state index in [0.29, 0.717) is 13.1 Å². The zero-order valence-corrected chi connectivity index (χ0v) is 18.3. The second-order valence-corrected chi connectivity index (χ2v) is 6.35. The van der Waals surface area contributed by atoms with E-state index in [-0.39, 0.29) is 24.0 Å². The van der Waals surface area contributed by atoms with Gasteiger partial charge >= 0.3 is 0 Å². The van der Waals surface area contributed by atoms with E-state index in [1.54, 1.807) is 14.2 Å². The molecule has 2 N–H and O–H groups in total. The first-order valence-electron chi connectivity index (χ1n) is 9.06. The van der Waals surface area contributed by atoms with Crippen LogP contribution in [0.2, 0.25) is 0 Å². The zero-order chi connectivity index (χ0) is 18.2. The van der Waals surface area contributed by atoms with Crippen LogP contribution in [0.15, 0.2) is 47.6 Å². The van der Waals surface area contributed by atoms with Gasteiger partial charge in [0.05, 0.1) is 7.11 Å². The number of nitrogens with zero attached hydrogens (tertiary/aromatic N) is 3. The van der Waals surface area contributed by atoms with Gasteiger partial charge in [-0.1, -0.05) is 12.1 Å². The minimum absolute atomic E-state index is 0. The highest BCUT2D eigenvalue weighted by Gasteiger charge is 2.13. The van der Waals surface area contributed by atoms with Crippen LogP contribution in [0.25, 0.3) is 0 Å². The second-order valence-electron chi connectivity index (χ2n) is 6.35. The number of guanidine groups is 1. The molecule has 1 aliphatic heterocycles. The van der Waals surface area contributed by atoms with Crippen LogP contribution in [0.3, 0.4) is 0 Å². The Morgan fingerprint density at radius 1 is 1.11 bits per heavy atom. The van der Waals surface area contributed by atoms with Crippen molar-refractivity contribution in [3.8, 4) is 5.75 Å². The van der Waals surface area contributed by atoms with Gasteiger partial charge in [-0.05, 0) is 48.2 Å². The number of hydrogen-bond donors (Lipinski definition) is 2. The summed E-state index contributed by atoms with van der Waals surface area (Å²) in [6.45, 7) is 3.61. The maximum Gasteiger partial charge on any atom is 0.191 e. The first kappa shape index (κ1) is 21.3. The van der Waals surface area contributed by atoms with Gasteiger partial charge < -0.3 is 20.3 Å². The van der Waals surface area contributed by atoms with E-state index in [0.717, 1.165) is 36.2 Å². The predicted molar refractivity (Wildman–Crippen MR) is 121 cm³/mol. The number of benzene rings is 1. The number of anilines is 1. The Hall–Kier alpha value is -2.03. The lowest BCUT2D eigenvalue weighted by molar-refractivity contribution is 0.414. The normalized spacial score (nSPS) is 13.9. The molecule has 0 bridgehead atoms. The van der Waals surface area contributed by atoms with Gasteiger partial charge in [0.25, 0.3) is 0 Å². The fraction of sp³-hybridized carbons (Fsp3) is 0.400. The van der Waals surface area contributed by atoms with Gasteiger partial charge in [-0.25, -0.2) is 4.98 Å². The molecular weight excluding hydrogens is 453 g/mol. The van der Waals surface area contributed by atoms with Gasteiger partial charge in [0.1, 0.15) is 11.6 Å². The van der Waals surface area contributed by atoms with Crippen molar-refractivity contribution in [2.24, 2.45) is 4.99 Å². The summed E-state index contributed by atoms with van der Waals surface area (Å²) >= 11 is 0. The third-order valence-electron chi connectivity index (χ3n) is 4.52. The van der Waals surface area contributed by atoms with Crippen LogP contribution in [-0.2, 0) is 13.1 Å². The minimum atomic E-state index is 0. The van der Waals surface area contributed by atoms with Crippen LogP contribution in [0.5, 0.6) is 5.75 Å². The third-order valence-corrected chi connectivity index (χ3v) is 4.52. The fourth-order valence-corrected chi connectivity index (χ4v) is 3.06. The largest absolute Gasteiger partial charge is 0.497 e. The summed E-state index contributed by atoms with van der Waals surface area (Å²) in [6.07, 6.45) is 4.40. The molecule has 146 valence electrons. The molecule has 0 atom stereocenters. The quantitative estimate of drug-likeness (QED) is 0.377. The molecule has 27 heavy (non-hydrogen) atoms. The number of hydrogen-bond acceptors (Lipinski definition) is 4. The molecule has 1 aromatic carbocycles. The Balaban J connectivity index is 0.00000261. The number of nitrogens with one attached hydrogen (secondary N) is 2. The topological polar surface area (TPSA) is 61.8 Å². The van der Waals surface area contributed by atoms with E-state index in [9.17, 15) is 0 Å². The third kappa shape index (κ3) is 6.27. The lowest BCUT2D eigenvalue weighted by atomic mass is 10.2. The number of aromatic nitrogens is 1. The minimum Gasteiger partial charge on any atom is -0.497 e. The van der Waals surface area contributed by atoms with E-state index < -0.39 is 0 Å². The van der Waals surface area contributed by atoms with Gasteiger partial charge in [-0.3, -0.25) is 4.99 Å². The maximum atomic E-state index is 5.26.